The van der Waals surface area contributed by atoms with Crippen LogP contribution in [0, 0.1) is 0 Å². The third-order valence-corrected chi connectivity index (χ3v) is 1.20. The molecule has 1 atom stereocenters. The van der Waals surface area contributed by atoms with Crippen LogP contribution in [0.25, 0.3) is 0 Å². The standard InChI is InChI=1S/C3H9NO4S/c1-3(4-2)8-9(5,6)7/h3-4H,1-2H3,(H,5,6,7). The van der Waals surface area contributed by atoms with Crippen molar-refractivity contribution in [3.05, 3.63) is 0 Å². The predicted molar refractivity (Wildman–Crippen MR) is 31.2 cm³/mol. The van der Waals surface area contributed by atoms with Gasteiger partial charge in [0.1, 0.15) is 6.23 Å². The summed E-state index contributed by atoms with van der Waals surface area (Å²) in [7, 11) is -2.79. The van der Waals surface area contributed by atoms with Crippen molar-refractivity contribution >= 4 is 10.4 Å². The first-order valence-corrected chi connectivity index (χ1v) is 3.65. The van der Waals surface area contributed by atoms with E-state index < -0.39 is 16.6 Å². The molecule has 0 aliphatic carbocycles. The van der Waals surface area contributed by atoms with Crippen LogP contribution in [-0.4, -0.2) is 26.2 Å². The Labute approximate surface area is 54.0 Å². The van der Waals surface area contributed by atoms with Gasteiger partial charge in [0.25, 0.3) is 0 Å². The fourth-order valence-electron chi connectivity index (χ4n) is 0.231. The lowest BCUT2D eigenvalue weighted by molar-refractivity contribution is 0.174. The number of hydrogen-bond donors (Lipinski definition) is 2. The van der Waals surface area contributed by atoms with E-state index in [1.165, 1.54) is 14.0 Å². The number of nitrogens with one attached hydrogen (secondary N) is 1. The van der Waals surface area contributed by atoms with E-state index >= 15 is 0 Å². The van der Waals surface area contributed by atoms with Gasteiger partial charge in [0.15, 0.2) is 0 Å². The second-order valence-corrected chi connectivity index (χ2v) is 2.50. The topological polar surface area (TPSA) is 75.6 Å². The minimum absolute atomic E-state index is 0.694. The predicted octanol–water partition coefficient (Wildman–Crippen LogP) is -0.629. The van der Waals surface area contributed by atoms with E-state index in [9.17, 15) is 8.42 Å². The van der Waals surface area contributed by atoms with Crippen LogP contribution in [0.1, 0.15) is 6.92 Å². The molecule has 1 unspecified atom stereocenters. The first kappa shape index (κ1) is 8.83. The first-order valence-electron chi connectivity index (χ1n) is 2.28. The lowest BCUT2D eigenvalue weighted by atomic mass is 10.7. The molecule has 0 aromatic carbocycles. The summed E-state index contributed by atoms with van der Waals surface area (Å²) in [5, 5.41) is 2.46. The van der Waals surface area contributed by atoms with Crippen molar-refractivity contribution < 1.29 is 17.2 Å². The van der Waals surface area contributed by atoms with Gasteiger partial charge in [-0.3, -0.25) is 9.87 Å². The SMILES string of the molecule is CNC(C)OS(=O)(=O)O. The maximum atomic E-state index is 9.89. The van der Waals surface area contributed by atoms with E-state index in [2.05, 4.69) is 9.50 Å². The van der Waals surface area contributed by atoms with Crippen molar-refractivity contribution in [3.8, 4) is 0 Å². The summed E-state index contributed by atoms with van der Waals surface area (Å²) in [6.07, 6.45) is -0.694. The van der Waals surface area contributed by atoms with Crippen LogP contribution in [0.2, 0.25) is 0 Å². The zero-order valence-electron chi connectivity index (χ0n) is 5.16. The molecule has 0 saturated heterocycles. The molecule has 6 heteroatoms. The molecule has 0 saturated carbocycles. The molecule has 2 N–H and O–H groups in total. The van der Waals surface area contributed by atoms with E-state index in [1.54, 1.807) is 0 Å². The van der Waals surface area contributed by atoms with Gasteiger partial charge in [-0.25, -0.2) is 4.18 Å². The van der Waals surface area contributed by atoms with Gasteiger partial charge in [-0.15, -0.1) is 0 Å². The summed E-state index contributed by atoms with van der Waals surface area (Å²) in [6, 6.07) is 0. The van der Waals surface area contributed by atoms with Crippen molar-refractivity contribution in [2.45, 2.75) is 13.2 Å². The second kappa shape index (κ2) is 3.11. The smallest absolute Gasteiger partial charge is 0.294 e. The highest BCUT2D eigenvalue weighted by Gasteiger charge is 2.08. The first-order chi connectivity index (χ1) is 3.95. The van der Waals surface area contributed by atoms with Gasteiger partial charge < -0.3 is 0 Å². The summed E-state index contributed by atoms with van der Waals surface area (Å²) in [6.45, 7) is 1.45. The maximum Gasteiger partial charge on any atom is 0.398 e. The molecule has 0 fully saturated rings. The van der Waals surface area contributed by atoms with E-state index in [0.29, 0.717) is 0 Å². The van der Waals surface area contributed by atoms with Crippen LogP contribution in [0.3, 0.4) is 0 Å². The summed E-state index contributed by atoms with van der Waals surface area (Å²) >= 11 is 0. The molecule has 0 spiro atoms. The van der Waals surface area contributed by atoms with Gasteiger partial charge in [0.05, 0.1) is 0 Å². The molecule has 0 aromatic rings. The van der Waals surface area contributed by atoms with Crippen LogP contribution >= 0.6 is 0 Å². The highest BCUT2D eigenvalue weighted by molar-refractivity contribution is 7.80. The van der Waals surface area contributed by atoms with Crippen LogP contribution in [-0.2, 0) is 14.6 Å². The molecular formula is C3H9NO4S. The van der Waals surface area contributed by atoms with Crippen LogP contribution in [0.15, 0.2) is 0 Å². The summed E-state index contributed by atoms with van der Waals surface area (Å²) < 4.78 is 31.8. The molecule has 0 aliphatic rings. The van der Waals surface area contributed by atoms with Crippen LogP contribution < -0.4 is 5.32 Å². The molecule has 5 nitrogen and oxygen atoms in total. The molecule has 0 bridgehead atoms. The van der Waals surface area contributed by atoms with Gasteiger partial charge in [-0.1, -0.05) is 0 Å². The molecule has 0 heterocycles. The van der Waals surface area contributed by atoms with Gasteiger partial charge in [-0.05, 0) is 14.0 Å². The Bertz CT molecular complexity index is 163. The Balaban J connectivity index is 3.75. The van der Waals surface area contributed by atoms with Gasteiger partial charge >= 0.3 is 10.4 Å². The maximum absolute atomic E-state index is 9.89. The number of rotatable bonds is 3. The second-order valence-electron chi connectivity index (χ2n) is 1.45. The minimum Gasteiger partial charge on any atom is -0.294 e. The fourth-order valence-corrected chi connectivity index (χ4v) is 0.692. The van der Waals surface area contributed by atoms with Crippen molar-refractivity contribution in [1.29, 1.82) is 0 Å². The monoisotopic (exact) mass is 155 g/mol. The van der Waals surface area contributed by atoms with E-state index in [-0.39, 0.29) is 0 Å². The lowest BCUT2D eigenvalue weighted by Crippen LogP contribution is -2.27. The molecular weight excluding hydrogens is 146 g/mol. The third kappa shape index (κ3) is 5.71. The van der Waals surface area contributed by atoms with Crippen molar-refractivity contribution in [3.63, 3.8) is 0 Å². The normalized spacial score (nSPS) is 15.4. The Morgan fingerprint density at radius 3 is 2.22 bits per heavy atom. The molecule has 0 amide bonds. The summed E-state index contributed by atoms with van der Waals surface area (Å²) in [5.74, 6) is 0. The zero-order valence-corrected chi connectivity index (χ0v) is 5.97. The molecule has 0 rings (SSSR count). The van der Waals surface area contributed by atoms with Crippen LogP contribution in [0.4, 0.5) is 0 Å². The zero-order chi connectivity index (χ0) is 7.49. The molecule has 9 heavy (non-hydrogen) atoms. The quantitative estimate of drug-likeness (QED) is 0.419. The van der Waals surface area contributed by atoms with Gasteiger partial charge in [-0.2, -0.15) is 8.42 Å². The Morgan fingerprint density at radius 1 is 1.67 bits per heavy atom. The van der Waals surface area contributed by atoms with E-state index in [4.69, 9.17) is 4.55 Å². The average Bonchev–Trinajstić information content (AvgIpc) is 1.62. The Hall–Kier alpha value is -0.170. The molecule has 0 radical (unpaired) electrons. The average molecular weight is 155 g/mol. The number of hydrogen-bond acceptors (Lipinski definition) is 4. The molecule has 56 valence electrons. The van der Waals surface area contributed by atoms with E-state index in [0.717, 1.165) is 0 Å². The Kier molecular flexibility index (Phi) is 3.06. The molecule has 0 aliphatic heterocycles. The lowest BCUT2D eigenvalue weighted by Gasteiger charge is -2.06. The Morgan fingerprint density at radius 2 is 2.11 bits per heavy atom. The van der Waals surface area contributed by atoms with E-state index in [1.807, 2.05) is 0 Å². The van der Waals surface area contributed by atoms with Gasteiger partial charge in [0, 0.05) is 0 Å². The minimum atomic E-state index is -4.30. The van der Waals surface area contributed by atoms with Crippen LogP contribution in [0.5, 0.6) is 0 Å². The highest BCUT2D eigenvalue weighted by Crippen LogP contribution is 1.90. The largest absolute Gasteiger partial charge is 0.398 e. The summed E-state index contributed by atoms with van der Waals surface area (Å²) in [5.41, 5.74) is 0. The van der Waals surface area contributed by atoms with Crippen molar-refractivity contribution in [1.82, 2.24) is 5.32 Å². The van der Waals surface area contributed by atoms with Crippen molar-refractivity contribution in [2.24, 2.45) is 0 Å². The fraction of sp³-hybridized carbons (Fsp3) is 1.00. The molecule has 0 aromatic heterocycles. The highest BCUT2D eigenvalue weighted by atomic mass is 32.3. The summed E-state index contributed by atoms with van der Waals surface area (Å²) in [4.78, 5) is 0. The van der Waals surface area contributed by atoms with Crippen molar-refractivity contribution in [2.75, 3.05) is 7.05 Å². The van der Waals surface area contributed by atoms with Gasteiger partial charge in [0.2, 0.25) is 0 Å². The third-order valence-electron chi connectivity index (χ3n) is 0.672.